The van der Waals surface area contributed by atoms with Gasteiger partial charge >= 0.3 is 0 Å². The van der Waals surface area contributed by atoms with Gasteiger partial charge in [-0.3, -0.25) is 4.90 Å². The number of H-pyrrole nitrogens is 1. The first-order valence-electron chi connectivity index (χ1n) is 7.29. The van der Waals surface area contributed by atoms with E-state index in [-0.39, 0.29) is 12.1 Å². The fraction of sp³-hybridized carbons (Fsp3) is 0.571. The summed E-state index contributed by atoms with van der Waals surface area (Å²) < 4.78 is 5.62. The minimum Gasteiger partial charge on any atom is -0.394 e. The Balaban J connectivity index is 1.69. The van der Waals surface area contributed by atoms with Crippen molar-refractivity contribution >= 4 is 16.9 Å². The minimum atomic E-state index is -0.315. The van der Waals surface area contributed by atoms with Crippen LogP contribution in [0.5, 0.6) is 0 Å². The summed E-state index contributed by atoms with van der Waals surface area (Å²) in [5, 5.41) is 11.0. The van der Waals surface area contributed by atoms with E-state index in [0.717, 1.165) is 49.6 Å². The Morgan fingerprint density at radius 3 is 3.19 bits per heavy atom. The van der Waals surface area contributed by atoms with Gasteiger partial charge in [0.2, 0.25) is 0 Å². The summed E-state index contributed by atoms with van der Waals surface area (Å²) in [6, 6.07) is 2.00. The predicted octanol–water partition coefficient (Wildman–Crippen LogP) is -0.159. The van der Waals surface area contributed by atoms with Crippen LogP contribution in [-0.4, -0.2) is 76.5 Å². The van der Waals surface area contributed by atoms with Crippen LogP contribution in [0.2, 0.25) is 0 Å². The van der Waals surface area contributed by atoms with E-state index >= 15 is 0 Å². The van der Waals surface area contributed by atoms with E-state index in [9.17, 15) is 5.11 Å². The average Bonchev–Trinajstić information content (AvgIpc) is 3.02. The van der Waals surface area contributed by atoms with E-state index in [2.05, 4.69) is 24.8 Å². The number of aromatic nitrogens is 3. The number of piperazine rings is 1. The molecule has 2 aromatic heterocycles. The molecule has 2 N–H and O–H groups in total. The molecule has 4 rings (SSSR count). The van der Waals surface area contributed by atoms with E-state index in [1.165, 1.54) is 0 Å². The van der Waals surface area contributed by atoms with Crippen molar-refractivity contribution in [2.45, 2.75) is 5.54 Å². The van der Waals surface area contributed by atoms with Crippen LogP contribution in [0.1, 0.15) is 0 Å². The molecule has 2 aliphatic heterocycles. The molecule has 0 saturated carbocycles. The highest BCUT2D eigenvalue weighted by molar-refractivity contribution is 5.87. The molecule has 21 heavy (non-hydrogen) atoms. The van der Waals surface area contributed by atoms with Gasteiger partial charge in [-0.1, -0.05) is 0 Å². The van der Waals surface area contributed by atoms with Crippen LogP contribution in [0.25, 0.3) is 11.0 Å². The van der Waals surface area contributed by atoms with Crippen LogP contribution in [0, 0.1) is 0 Å². The molecule has 0 aromatic carbocycles. The Hall–Kier alpha value is -1.70. The zero-order valence-electron chi connectivity index (χ0n) is 11.8. The number of aliphatic hydroxyl groups excluding tert-OH is 1. The number of morpholine rings is 1. The lowest BCUT2D eigenvalue weighted by molar-refractivity contribution is -0.0951. The summed E-state index contributed by atoms with van der Waals surface area (Å²) in [6.07, 6.45) is 3.47. The number of nitrogens with zero attached hydrogens (tertiary/aromatic N) is 4. The average molecular weight is 289 g/mol. The molecule has 1 unspecified atom stereocenters. The van der Waals surface area contributed by atoms with Gasteiger partial charge in [0, 0.05) is 32.4 Å². The van der Waals surface area contributed by atoms with Crippen LogP contribution >= 0.6 is 0 Å². The van der Waals surface area contributed by atoms with Crippen LogP contribution in [0.4, 0.5) is 5.82 Å². The molecule has 0 radical (unpaired) electrons. The van der Waals surface area contributed by atoms with Crippen LogP contribution in [-0.2, 0) is 4.74 Å². The number of fused-ring (bicyclic) bond motifs is 2. The molecule has 0 bridgehead atoms. The number of nitrogens with one attached hydrogen (secondary N) is 1. The van der Waals surface area contributed by atoms with Crippen molar-refractivity contribution in [3.8, 4) is 0 Å². The fourth-order valence-electron chi connectivity index (χ4n) is 3.42. The molecule has 7 heteroatoms. The maximum Gasteiger partial charge on any atom is 0.142 e. The first-order chi connectivity index (χ1) is 10.3. The predicted molar refractivity (Wildman–Crippen MR) is 78.3 cm³/mol. The molecule has 0 aliphatic carbocycles. The third-order valence-electron chi connectivity index (χ3n) is 4.60. The molecular formula is C14H19N5O2. The van der Waals surface area contributed by atoms with Crippen molar-refractivity contribution in [2.24, 2.45) is 0 Å². The first kappa shape index (κ1) is 13.0. The van der Waals surface area contributed by atoms with Gasteiger partial charge in [-0.15, -0.1) is 0 Å². The third-order valence-corrected chi connectivity index (χ3v) is 4.60. The quantitative estimate of drug-likeness (QED) is 0.800. The Labute approximate surface area is 122 Å². The normalized spacial score (nSPS) is 27.0. The van der Waals surface area contributed by atoms with E-state index in [1.807, 2.05) is 12.3 Å². The molecule has 112 valence electrons. The number of hydrogen-bond acceptors (Lipinski definition) is 6. The van der Waals surface area contributed by atoms with Crippen molar-refractivity contribution in [3.05, 3.63) is 18.6 Å². The second kappa shape index (κ2) is 4.94. The number of rotatable bonds is 2. The van der Waals surface area contributed by atoms with Gasteiger partial charge in [-0.05, 0) is 6.07 Å². The van der Waals surface area contributed by atoms with Crippen molar-refractivity contribution in [2.75, 3.05) is 50.9 Å². The minimum absolute atomic E-state index is 0.102. The highest BCUT2D eigenvalue weighted by atomic mass is 16.5. The van der Waals surface area contributed by atoms with E-state index in [4.69, 9.17) is 4.74 Å². The van der Waals surface area contributed by atoms with Gasteiger partial charge in [-0.2, -0.15) is 0 Å². The third kappa shape index (κ3) is 2.00. The summed E-state index contributed by atoms with van der Waals surface area (Å²) in [7, 11) is 0. The smallest absolute Gasteiger partial charge is 0.142 e. The summed E-state index contributed by atoms with van der Waals surface area (Å²) in [4.78, 5) is 16.4. The van der Waals surface area contributed by atoms with Crippen LogP contribution < -0.4 is 4.90 Å². The first-order valence-corrected chi connectivity index (χ1v) is 7.29. The lowest BCUT2D eigenvalue weighted by Gasteiger charge is -2.52. The number of anilines is 1. The number of aromatic amines is 1. The SMILES string of the molecule is OCC12COCCN1CCN(c1ncnc3[nH]ccc13)C2. The molecule has 4 heterocycles. The maximum atomic E-state index is 9.93. The number of ether oxygens (including phenoxy) is 1. The van der Waals surface area contributed by atoms with Crippen LogP contribution in [0.15, 0.2) is 18.6 Å². The van der Waals surface area contributed by atoms with E-state index < -0.39 is 0 Å². The molecule has 2 aromatic rings. The molecule has 0 amide bonds. The molecule has 2 aliphatic rings. The van der Waals surface area contributed by atoms with Crippen molar-refractivity contribution < 1.29 is 9.84 Å². The summed E-state index contributed by atoms with van der Waals surface area (Å²) in [5.74, 6) is 0.930. The Kier molecular flexibility index (Phi) is 3.06. The molecule has 1 atom stereocenters. The standard InChI is InChI=1S/C14H19N5O2/c20-8-14-7-18(3-4-19(14)5-6-21-9-14)13-11-1-2-15-12(11)16-10-17-13/h1-2,10,20H,3-9H2,(H,15,16,17). The second-order valence-corrected chi connectivity index (χ2v) is 5.78. The maximum absolute atomic E-state index is 9.93. The second-order valence-electron chi connectivity index (χ2n) is 5.78. The molecule has 7 nitrogen and oxygen atoms in total. The summed E-state index contributed by atoms with van der Waals surface area (Å²) >= 11 is 0. The van der Waals surface area contributed by atoms with Crippen LogP contribution in [0.3, 0.4) is 0 Å². The van der Waals surface area contributed by atoms with E-state index in [0.29, 0.717) is 6.61 Å². The molecule has 2 saturated heterocycles. The van der Waals surface area contributed by atoms with Gasteiger partial charge in [-0.25, -0.2) is 9.97 Å². The zero-order valence-corrected chi connectivity index (χ0v) is 11.8. The molecule has 2 fully saturated rings. The van der Waals surface area contributed by atoms with Gasteiger partial charge in [0.25, 0.3) is 0 Å². The molecule has 0 spiro atoms. The van der Waals surface area contributed by atoms with Crippen molar-refractivity contribution in [3.63, 3.8) is 0 Å². The number of hydrogen-bond donors (Lipinski definition) is 2. The fourth-order valence-corrected chi connectivity index (χ4v) is 3.42. The van der Waals surface area contributed by atoms with Gasteiger partial charge in [0.1, 0.15) is 17.8 Å². The largest absolute Gasteiger partial charge is 0.394 e. The highest BCUT2D eigenvalue weighted by Crippen LogP contribution is 2.30. The zero-order chi connectivity index (χ0) is 14.3. The van der Waals surface area contributed by atoms with Crippen molar-refractivity contribution in [1.82, 2.24) is 19.9 Å². The summed E-state index contributed by atoms with van der Waals surface area (Å²) in [5.41, 5.74) is 0.532. The topological polar surface area (TPSA) is 77.5 Å². The van der Waals surface area contributed by atoms with Gasteiger partial charge in [0.15, 0.2) is 0 Å². The summed E-state index contributed by atoms with van der Waals surface area (Å²) in [6.45, 7) is 4.85. The van der Waals surface area contributed by atoms with Crippen molar-refractivity contribution in [1.29, 1.82) is 0 Å². The number of aliphatic hydroxyl groups is 1. The monoisotopic (exact) mass is 289 g/mol. The van der Waals surface area contributed by atoms with Gasteiger partial charge in [0.05, 0.1) is 30.7 Å². The lowest BCUT2D eigenvalue weighted by Crippen LogP contribution is -2.69. The Morgan fingerprint density at radius 2 is 2.29 bits per heavy atom. The lowest BCUT2D eigenvalue weighted by atomic mass is 9.94. The highest BCUT2D eigenvalue weighted by Gasteiger charge is 2.44. The Bertz CT molecular complexity index is 645. The molecular weight excluding hydrogens is 270 g/mol. The van der Waals surface area contributed by atoms with Gasteiger partial charge < -0.3 is 19.7 Å². The Morgan fingerprint density at radius 1 is 1.33 bits per heavy atom. The van der Waals surface area contributed by atoms with E-state index in [1.54, 1.807) is 6.33 Å².